The average Bonchev–Trinajstić information content (AvgIpc) is 3.02. The van der Waals surface area contributed by atoms with Gasteiger partial charge in [-0.2, -0.15) is 5.10 Å². The van der Waals surface area contributed by atoms with Crippen molar-refractivity contribution < 1.29 is 13.9 Å². The van der Waals surface area contributed by atoms with E-state index in [1.807, 2.05) is 31.2 Å². The molecule has 0 bridgehead atoms. The van der Waals surface area contributed by atoms with Gasteiger partial charge >= 0.3 is 0 Å². The number of methoxy groups -OCH3 is 1. The number of aryl methyl sites for hydroxylation is 1. The lowest BCUT2D eigenvalue weighted by Crippen LogP contribution is -2.23. The minimum absolute atomic E-state index is 0.283. The second-order valence-electron chi connectivity index (χ2n) is 5.55. The molecule has 0 unspecified atom stereocenters. The van der Waals surface area contributed by atoms with Crippen LogP contribution >= 0.6 is 0 Å². The molecule has 0 aliphatic heterocycles. The lowest BCUT2D eigenvalue weighted by atomic mass is 10.2. The van der Waals surface area contributed by atoms with Gasteiger partial charge in [-0.25, -0.2) is 9.07 Å². The molecule has 0 aliphatic rings. The first-order valence-electron chi connectivity index (χ1n) is 7.81. The van der Waals surface area contributed by atoms with E-state index < -0.39 is 0 Å². The van der Waals surface area contributed by atoms with Crippen LogP contribution in [0.25, 0.3) is 5.69 Å². The van der Waals surface area contributed by atoms with E-state index in [9.17, 15) is 9.18 Å². The second kappa shape index (κ2) is 7.17. The third-order valence-corrected chi connectivity index (χ3v) is 3.82. The van der Waals surface area contributed by atoms with Crippen molar-refractivity contribution in [2.75, 3.05) is 7.11 Å². The number of hydrogen-bond acceptors (Lipinski definition) is 3. The van der Waals surface area contributed by atoms with Crippen molar-refractivity contribution in [3.05, 3.63) is 77.4 Å². The van der Waals surface area contributed by atoms with Crippen molar-refractivity contribution in [2.24, 2.45) is 0 Å². The van der Waals surface area contributed by atoms with Crippen molar-refractivity contribution in [3.63, 3.8) is 0 Å². The molecule has 0 saturated carbocycles. The van der Waals surface area contributed by atoms with Gasteiger partial charge in [-0.1, -0.05) is 18.2 Å². The van der Waals surface area contributed by atoms with E-state index in [0.29, 0.717) is 17.9 Å². The van der Waals surface area contributed by atoms with E-state index in [0.717, 1.165) is 17.0 Å². The van der Waals surface area contributed by atoms with Crippen LogP contribution in [0.5, 0.6) is 5.75 Å². The van der Waals surface area contributed by atoms with Crippen LogP contribution in [0.2, 0.25) is 0 Å². The quantitative estimate of drug-likeness (QED) is 0.776. The van der Waals surface area contributed by atoms with Crippen molar-refractivity contribution in [2.45, 2.75) is 13.5 Å². The van der Waals surface area contributed by atoms with Crippen molar-refractivity contribution in [1.29, 1.82) is 0 Å². The van der Waals surface area contributed by atoms with Crippen molar-refractivity contribution in [1.82, 2.24) is 15.1 Å². The number of carbonyl (C=O) groups is 1. The molecule has 128 valence electrons. The molecule has 0 aliphatic carbocycles. The Labute approximate surface area is 145 Å². The molecule has 3 rings (SSSR count). The standard InChI is InChI=1S/C19H18FN3O2/c1-13-11-17(22-23(13)16-9-7-15(20)8-10-16)19(24)21-12-14-5-3-4-6-18(14)25-2/h3-11H,12H2,1-2H3,(H,21,24). The first kappa shape index (κ1) is 16.7. The number of aromatic nitrogens is 2. The van der Waals surface area contributed by atoms with E-state index in [4.69, 9.17) is 4.74 Å². The third kappa shape index (κ3) is 3.68. The first-order chi connectivity index (χ1) is 12.1. The first-order valence-corrected chi connectivity index (χ1v) is 7.81. The molecular weight excluding hydrogens is 321 g/mol. The SMILES string of the molecule is COc1ccccc1CNC(=O)c1cc(C)n(-c2ccc(F)cc2)n1. The summed E-state index contributed by atoms with van der Waals surface area (Å²) in [4.78, 5) is 12.4. The van der Waals surface area contributed by atoms with E-state index in [2.05, 4.69) is 10.4 Å². The highest BCUT2D eigenvalue weighted by molar-refractivity contribution is 5.92. The largest absolute Gasteiger partial charge is 0.496 e. The molecule has 0 spiro atoms. The summed E-state index contributed by atoms with van der Waals surface area (Å²) in [7, 11) is 1.59. The van der Waals surface area contributed by atoms with Crippen LogP contribution in [0.15, 0.2) is 54.6 Å². The number of hydrogen-bond donors (Lipinski definition) is 1. The maximum absolute atomic E-state index is 13.1. The van der Waals surface area contributed by atoms with Gasteiger partial charge in [0.2, 0.25) is 0 Å². The predicted molar refractivity (Wildman–Crippen MR) is 92.4 cm³/mol. The summed E-state index contributed by atoms with van der Waals surface area (Å²) >= 11 is 0. The summed E-state index contributed by atoms with van der Waals surface area (Å²) in [5.41, 5.74) is 2.67. The van der Waals surface area contributed by atoms with Gasteiger partial charge in [0.15, 0.2) is 5.69 Å². The normalized spacial score (nSPS) is 10.5. The van der Waals surface area contributed by atoms with Crippen LogP contribution in [0.4, 0.5) is 4.39 Å². The lowest BCUT2D eigenvalue weighted by Gasteiger charge is -2.08. The Bertz CT molecular complexity index is 888. The van der Waals surface area contributed by atoms with Gasteiger partial charge < -0.3 is 10.1 Å². The molecule has 1 aromatic heterocycles. The molecule has 1 N–H and O–H groups in total. The van der Waals surface area contributed by atoms with Crippen LogP contribution in [0, 0.1) is 12.7 Å². The molecule has 3 aromatic rings. The molecule has 5 nitrogen and oxygen atoms in total. The minimum atomic E-state index is -0.316. The molecule has 1 heterocycles. The van der Waals surface area contributed by atoms with Gasteiger partial charge in [-0.3, -0.25) is 4.79 Å². The average molecular weight is 339 g/mol. The number of nitrogens with one attached hydrogen (secondary N) is 1. The molecule has 0 radical (unpaired) electrons. The highest BCUT2D eigenvalue weighted by Crippen LogP contribution is 2.17. The summed E-state index contributed by atoms with van der Waals surface area (Å²) in [5, 5.41) is 7.15. The molecule has 2 aromatic carbocycles. The number of rotatable bonds is 5. The number of para-hydroxylation sites is 1. The van der Waals surface area contributed by atoms with Gasteiger partial charge in [0.1, 0.15) is 11.6 Å². The monoisotopic (exact) mass is 339 g/mol. The lowest BCUT2D eigenvalue weighted by molar-refractivity contribution is 0.0945. The Morgan fingerprint density at radius 2 is 1.92 bits per heavy atom. The van der Waals surface area contributed by atoms with Gasteiger partial charge in [0.25, 0.3) is 5.91 Å². The number of nitrogens with zero attached hydrogens (tertiary/aromatic N) is 2. The Hall–Kier alpha value is -3.15. The fourth-order valence-electron chi connectivity index (χ4n) is 2.54. The number of benzene rings is 2. The fraction of sp³-hybridized carbons (Fsp3) is 0.158. The van der Waals surface area contributed by atoms with Crippen LogP contribution in [0.3, 0.4) is 0 Å². The summed E-state index contributed by atoms with van der Waals surface area (Å²) < 4.78 is 19.9. The zero-order valence-electron chi connectivity index (χ0n) is 14.0. The van der Waals surface area contributed by atoms with E-state index in [1.54, 1.807) is 30.0 Å². The summed E-state index contributed by atoms with van der Waals surface area (Å²) in [6, 6.07) is 15.1. The number of amides is 1. The maximum Gasteiger partial charge on any atom is 0.272 e. The van der Waals surface area contributed by atoms with Gasteiger partial charge in [-0.15, -0.1) is 0 Å². The smallest absolute Gasteiger partial charge is 0.272 e. The molecular formula is C19H18FN3O2. The molecule has 0 fully saturated rings. The number of halogens is 1. The zero-order valence-corrected chi connectivity index (χ0v) is 14.0. The maximum atomic E-state index is 13.1. The Balaban J connectivity index is 1.75. The Morgan fingerprint density at radius 1 is 1.20 bits per heavy atom. The molecule has 25 heavy (non-hydrogen) atoms. The number of carbonyl (C=O) groups excluding carboxylic acids is 1. The Morgan fingerprint density at radius 3 is 2.64 bits per heavy atom. The van der Waals surface area contributed by atoms with Crippen LogP contribution in [-0.2, 0) is 6.54 Å². The van der Waals surface area contributed by atoms with Gasteiger partial charge in [0.05, 0.1) is 12.8 Å². The zero-order chi connectivity index (χ0) is 17.8. The van der Waals surface area contributed by atoms with Crippen LogP contribution in [-0.4, -0.2) is 22.8 Å². The topological polar surface area (TPSA) is 56.1 Å². The minimum Gasteiger partial charge on any atom is -0.496 e. The van der Waals surface area contributed by atoms with Crippen LogP contribution < -0.4 is 10.1 Å². The van der Waals surface area contributed by atoms with Crippen molar-refractivity contribution >= 4 is 5.91 Å². The molecule has 0 atom stereocenters. The second-order valence-corrected chi connectivity index (χ2v) is 5.55. The summed E-state index contributed by atoms with van der Waals surface area (Å²) in [6.07, 6.45) is 0. The molecule has 1 amide bonds. The van der Waals surface area contributed by atoms with Crippen LogP contribution in [0.1, 0.15) is 21.7 Å². The van der Waals surface area contributed by atoms with E-state index >= 15 is 0 Å². The summed E-state index contributed by atoms with van der Waals surface area (Å²) in [5.74, 6) is 0.119. The predicted octanol–water partition coefficient (Wildman–Crippen LogP) is 3.26. The van der Waals surface area contributed by atoms with Crippen molar-refractivity contribution in [3.8, 4) is 11.4 Å². The summed E-state index contributed by atoms with van der Waals surface area (Å²) in [6.45, 7) is 2.18. The van der Waals surface area contributed by atoms with E-state index in [1.165, 1.54) is 12.1 Å². The highest BCUT2D eigenvalue weighted by Gasteiger charge is 2.14. The molecule has 0 saturated heterocycles. The highest BCUT2D eigenvalue weighted by atomic mass is 19.1. The van der Waals surface area contributed by atoms with Gasteiger partial charge in [0, 0.05) is 17.8 Å². The van der Waals surface area contributed by atoms with Gasteiger partial charge in [-0.05, 0) is 43.3 Å². The third-order valence-electron chi connectivity index (χ3n) is 3.82. The number of ether oxygens (including phenoxy) is 1. The molecule has 6 heteroatoms. The Kier molecular flexibility index (Phi) is 4.79. The van der Waals surface area contributed by atoms with E-state index in [-0.39, 0.29) is 11.7 Å². The fourth-order valence-corrected chi connectivity index (χ4v) is 2.54.